The van der Waals surface area contributed by atoms with Gasteiger partial charge in [0.1, 0.15) is 13.2 Å². The van der Waals surface area contributed by atoms with Gasteiger partial charge in [0.15, 0.2) is 6.10 Å². The average molecular weight is 925 g/mol. The van der Waals surface area contributed by atoms with E-state index in [1.807, 2.05) is 21.1 Å². The third kappa shape index (κ3) is 50.0. The molecule has 0 fully saturated rings. The molecule has 0 aromatic heterocycles. The van der Waals surface area contributed by atoms with Gasteiger partial charge >= 0.3 is 17.9 Å². The van der Waals surface area contributed by atoms with E-state index in [4.69, 9.17) is 18.9 Å². The van der Waals surface area contributed by atoms with Gasteiger partial charge in [-0.05, 0) is 12.8 Å². The fraction of sp³-hybridized carbons (Fsp3) is 0.946. The largest absolute Gasteiger partial charge is 0.477 e. The van der Waals surface area contributed by atoms with Crippen molar-refractivity contribution in [1.82, 2.24) is 0 Å². The van der Waals surface area contributed by atoms with Crippen LogP contribution in [0.1, 0.15) is 284 Å². The van der Waals surface area contributed by atoms with Gasteiger partial charge in [0.25, 0.3) is 6.29 Å². The van der Waals surface area contributed by atoms with Gasteiger partial charge in [-0.1, -0.05) is 258 Å². The molecule has 0 aliphatic rings. The Morgan fingerprint density at radius 3 is 0.985 bits per heavy atom. The summed E-state index contributed by atoms with van der Waals surface area (Å²) in [6.45, 7) is 4.94. The van der Waals surface area contributed by atoms with Crippen molar-refractivity contribution in [2.45, 2.75) is 296 Å². The van der Waals surface area contributed by atoms with Crippen LogP contribution in [0.2, 0.25) is 0 Å². The van der Waals surface area contributed by atoms with Crippen molar-refractivity contribution in [3.63, 3.8) is 0 Å². The lowest BCUT2D eigenvalue weighted by Gasteiger charge is -2.25. The molecule has 9 heteroatoms. The van der Waals surface area contributed by atoms with Crippen molar-refractivity contribution in [3.8, 4) is 0 Å². The van der Waals surface area contributed by atoms with Crippen molar-refractivity contribution in [2.24, 2.45) is 0 Å². The maximum Gasteiger partial charge on any atom is 0.361 e. The number of carbonyl (C=O) groups excluding carboxylic acids is 2. The molecular weight excluding hydrogens is 815 g/mol. The van der Waals surface area contributed by atoms with Crippen LogP contribution in [0.3, 0.4) is 0 Å². The fourth-order valence-corrected chi connectivity index (χ4v) is 8.49. The van der Waals surface area contributed by atoms with E-state index in [0.717, 1.165) is 38.5 Å². The minimum absolute atomic E-state index is 0.172. The minimum atomic E-state index is -1.50. The molecule has 2 atom stereocenters. The molecule has 0 rings (SSSR count). The molecule has 0 aliphatic heterocycles. The van der Waals surface area contributed by atoms with E-state index in [1.165, 1.54) is 218 Å². The molecule has 65 heavy (non-hydrogen) atoms. The van der Waals surface area contributed by atoms with Gasteiger partial charge in [-0.2, -0.15) is 0 Å². The molecule has 0 bridgehead atoms. The summed E-state index contributed by atoms with van der Waals surface area (Å²) in [5.74, 6) is -1.97. The first-order valence-electron chi connectivity index (χ1n) is 28.2. The predicted octanol–water partition coefficient (Wildman–Crippen LogP) is 16.0. The Morgan fingerprint density at radius 1 is 0.400 bits per heavy atom. The van der Waals surface area contributed by atoms with Crippen LogP contribution in [0.15, 0.2) is 0 Å². The van der Waals surface area contributed by atoms with Gasteiger partial charge in [0, 0.05) is 12.8 Å². The fourth-order valence-electron chi connectivity index (χ4n) is 8.49. The number of hydrogen-bond donors (Lipinski definition) is 1. The SMILES string of the molecule is CCCCCCCCCCCCCCCCCCCCCCCCCC(=O)OC(COC(=O)CCCCCCCCCCCCCCCCCCC)COC(OCC[N+](C)(C)C)C(=O)O. The number of carboxylic acid groups (broad SMARTS) is 1. The Balaban J connectivity index is 4.20. The van der Waals surface area contributed by atoms with Crippen molar-refractivity contribution < 1.29 is 42.9 Å². The molecule has 0 saturated heterocycles. The molecule has 0 radical (unpaired) electrons. The first kappa shape index (κ1) is 63.3. The number of ether oxygens (including phenoxy) is 4. The monoisotopic (exact) mass is 925 g/mol. The lowest BCUT2D eigenvalue weighted by atomic mass is 10.0. The number of likely N-dealkylation sites (N-methyl/N-ethyl adjacent to an activating group) is 1. The van der Waals surface area contributed by atoms with Crippen LogP contribution in [-0.4, -0.2) is 87.4 Å². The van der Waals surface area contributed by atoms with Crippen LogP contribution in [0, 0.1) is 0 Å². The van der Waals surface area contributed by atoms with Crippen LogP contribution in [0.25, 0.3) is 0 Å². The van der Waals surface area contributed by atoms with Crippen molar-refractivity contribution in [2.75, 3.05) is 47.5 Å². The number of hydrogen-bond acceptors (Lipinski definition) is 7. The number of aliphatic carboxylic acids is 1. The number of carboxylic acids is 1. The van der Waals surface area contributed by atoms with E-state index >= 15 is 0 Å². The van der Waals surface area contributed by atoms with Crippen LogP contribution < -0.4 is 0 Å². The Kier molecular flexibility index (Phi) is 47.5. The highest BCUT2D eigenvalue weighted by Crippen LogP contribution is 2.18. The predicted molar refractivity (Wildman–Crippen MR) is 272 cm³/mol. The lowest BCUT2D eigenvalue weighted by Crippen LogP contribution is -2.40. The van der Waals surface area contributed by atoms with Crippen LogP contribution in [0.5, 0.6) is 0 Å². The molecule has 0 aromatic carbocycles. The second-order valence-electron chi connectivity index (χ2n) is 20.6. The number of esters is 2. The van der Waals surface area contributed by atoms with Gasteiger partial charge in [0.2, 0.25) is 0 Å². The second-order valence-corrected chi connectivity index (χ2v) is 20.6. The molecule has 0 aliphatic carbocycles. The Hall–Kier alpha value is -1.71. The molecule has 386 valence electrons. The third-order valence-electron chi connectivity index (χ3n) is 12.9. The van der Waals surface area contributed by atoms with Crippen LogP contribution in [0.4, 0.5) is 0 Å². The first-order chi connectivity index (χ1) is 31.6. The normalized spacial score (nSPS) is 12.7. The van der Waals surface area contributed by atoms with Crippen LogP contribution >= 0.6 is 0 Å². The summed E-state index contributed by atoms with van der Waals surface area (Å²) in [6, 6.07) is 0. The van der Waals surface area contributed by atoms with Crippen molar-refractivity contribution in [3.05, 3.63) is 0 Å². The summed E-state index contributed by atoms with van der Waals surface area (Å²) in [6.07, 6.45) is 50.3. The molecule has 9 nitrogen and oxygen atoms in total. The average Bonchev–Trinajstić information content (AvgIpc) is 3.27. The molecule has 0 spiro atoms. The molecule has 0 saturated carbocycles. The van der Waals surface area contributed by atoms with E-state index in [0.29, 0.717) is 17.4 Å². The molecule has 1 N–H and O–H groups in total. The zero-order chi connectivity index (χ0) is 47.7. The van der Waals surface area contributed by atoms with Gasteiger partial charge in [0.05, 0.1) is 34.4 Å². The van der Waals surface area contributed by atoms with Crippen molar-refractivity contribution in [1.29, 1.82) is 0 Å². The Bertz CT molecular complexity index is 1030. The highest BCUT2D eigenvalue weighted by Gasteiger charge is 2.25. The topological polar surface area (TPSA) is 108 Å². The second kappa shape index (κ2) is 48.7. The summed E-state index contributed by atoms with van der Waals surface area (Å²) in [4.78, 5) is 37.4. The quantitative estimate of drug-likeness (QED) is 0.0278. The number of quaternary nitrogens is 1. The minimum Gasteiger partial charge on any atom is -0.477 e. The van der Waals surface area contributed by atoms with E-state index in [2.05, 4.69) is 13.8 Å². The molecule has 2 unspecified atom stereocenters. The zero-order valence-corrected chi connectivity index (χ0v) is 43.9. The number of rotatable bonds is 53. The van der Waals surface area contributed by atoms with E-state index < -0.39 is 18.4 Å². The smallest absolute Gasteiger partial charge is 0.361 e. The summed E-state index contributed by atoms with van der Waals surface area (Å²) in [5, 5.41) is 9.69. The van der Waals surface area contributed by atoms with Gasteiger partial charge in [-0.15, -0.1) is 0 Å². The molecule has 0 heterocycles. The summed E-state index contributed by atoms with van der Waals surface area (Å²) in [7, 11) is 5.98. The Labute approximate surface area is 403 Å². The highest BCUT2D eigenvalue weighted by atomic mass is 16.7. The summed E-state index contributed by atoms with van der Waals surface area (Å²) in [5.41, 5.74) is 0. The molecule has 0 aromatic rings. The van der Waals surface area contributed by atoms with Gasteiger partial charge < -0.3 is 28.5 Å². The zero-order valence-electron chi connectivity index (χ0n) is 43.9. The number of carbonyl (C=O) groups is 3. The Morgan fingerprint density at radius 2 is 0.692 bits per heavy atom. The first-order valence-corrected chi connectivity index (χ1v) is 28.2. The standard InChI is InChI=1S/C56H109NO8/c1-6-8-10-12-14-16-18-20-22-24-25-26-27-28-29-31-33-35-37-39-41-43-45-47-54(59)65-52(51-64-56(55(60)61)62-49-48-57(3,4)5)50-63-53(58)46-44-42-40-38-36-34-32-30-23-21-19-17-15-13-11-9-7-2/h52,56H,6-51H2,1-5H3/p+1. The van der Waals surface area contributed by atoms with E-state index in [1.54, 1.807) is 0 Å². The molecular formula is C56H110NO8+. The van der Waals surface area contributed by atoms with Crippen molar-refractivity contribution >= 4 is 17.9 Å². The number of nitrogens with zero attached hydrogens (tertiary/aromatic N) is 1. The summed E-state index contributed by atoms with van der Waals surface area (Å²) < 4.78 is 22.9. The third-order valence-corrected chi connectivity index (χ3v) is 12.9. The maximum atomic E-state index is 12.9. The maximum absolute atomic E-state index is 12.9. The lowest BCUT2D eigenvalue weighted by molar-refractivity contribution is -0.870. The molecule has 0 amide bonds. The highest BCUT2D eigenvalue weighted by molar-refractivity contribution is 5.71. The summed E-state index contributed by atoms with van der Waals surface area (Å²) >= 11 is 0. The van der Waals surface area contributed by atoms with Gasteiger partial charge in [-0.25, -0.2) is 4.79 Å². The number of unbranched alkanes of at least 4 members (excludes halogenated alkanes) is 38. The van der Waals surface area contributed by atoms with Gasteiger partial charge in [-0.3, -0.25) is 9.59 Å². The van der Waals surface area contributed by atoms with E-state index in [9.17, 15) is 19.5 Å². The van der Waals surface area contributed by atoms with Crippen LogP contribution in [-0.2, 0) is 33.3 Å². The van der Waals surface area contributed by atoms with E-state index in [-0.39, 0.29) is 38.2 Å².